The molecule has 1 saturated carbocycles. The summed E-state index contributed by atoms with van der Waals surface area (Å²) in [7, 11) is 7.88. The molecule has 0 aromatic carbocycles. The van der Waals surface area contributed by atoms with Crippen LogP contribution in [-0.2, 0) is 16.1 Å². The molecule has 0 aliphatic heterocycles. The molecule has 8 nitrogen and oxygen atoms in total. The van der Waals surface area contributed by atoms with Crippen LogP contribution in [-0.4, -0.2) is 91.1 Å². The zero-order valence-corrected chi connectivity index (χ0v) is 24.5. The second-order valence-corrected chi connectivity index (χ2v) is 12.5. The van der Waals surface area contributed by atoms with Gasteiger partial charge in [-0.15, -0.1) is 0 Å². The molecule has 2 N–H and O–H groups in total. The van der Waals surface area contributed by atoms with E-state index in [1.807, 2.05) is 37.1 Å². The molecule has 1 heterocycles. The summed E-state index contributed by atoms with van der Waals surface area (Å²) in [6.07, 6.45) is 3.41. The SMILES string of the molecule is CNCCN(C)Cc1c[nH]nc1C1C[C@@H](C(=O)N(C)CC(C)C)C(C)(C)[C@H](C(=O)N(C)CC(C)C)C1. The number of carbonyl (C=O) groups excluding carboxylic acids is 2. The van der Waals surface area contributed by atoms with Crippen molar-refractivity contribution < 1.29 is 9.59 Å². The van der Waals surface area contributed by atoms with Crippen molar-refractivity contribution in [2.45, 2.75) is 66.8 Å². The highest BCUT2D eigenvalue weighted by molar-refractivity contribution is 5.84. The van der Waals surface area contributed by atoms with Crippen molar-refractivity contribution in [1.29, 1.82) is 0 Å². The van der Waals surface area contributed by atoms with Gasteiger partial charge in [-0.25, -0.2) is 0 Å². The average molecular weight is 505 g/mol. The lowest BCUT2D eigenvalue weighted by atomic mass is 9.57. The number of nitrogens with one attached hydrogen (secondary N) is 2. The molecule has 0 unspecified atom stereocenters. The Balaban J connectivity index is 2.41. The van der Waals surface area contributed by atoms with Crippen molar-refractivity contribution in [3.8, 4) is 0 Å². The van der Waals surface area contributed by atoms with E-state index in [0.29, 0.717) is 37.8 Å². The minimum absolute atomic E-state index is 0.0553. The van der Waals surface area contributed by atoms with Crippen LogP contribution < -0.4 is 5.32 Å². The van der Waals surface area contributed by atoms with Crippen molar-refractivity contribution in [3.63, 3.8) is 0 Å². The summed E-state index contributed by atoms with van der Waals surface area (Å²) in [5.41, 5.74) is 1.72. The van der Waals surface area contributed by atoms with Crippen LogP contribution in [0.2, 0.25) is 0 Å². The summed E-state index contributed by atoms with van der Waals surface area (Å²) >= 11 is 0. The summed E-state index contributed by atoms with van der Waals surface area (Å²) in [5.74, 6) is 0.641. The first-order valence-electron chi connectivity index (χ1n) is 13.6. The molecule has 0 spiro atoms. The molecule has 1 aromatic rings. The summed E-state index contributed by atoms with van der Waals surface area (Å²) in [6.45, 7) is 16.8. The largest absolute Gasteiger partial charge is 0.345 e. The zero-order valence-electron chi connectivity index (χ0n) is 24.5. The van der Waals surface area contributed by atoms with Crippen LogP contribution in [0.1, 0.15) is 71.6 Å². The van der Waals surface area contributed by atoms with E-state index in [1.165, 1.54) is 0 Å². The fraction of sp³-hybridized carbons (Fsp3) is 0.821. The van der Waals surface area contributed by atoms with E-state index in [0.717, 1.165) is 30.9 Å². The Bertz CT molecular complexity index is 809. The number of H-pyrrole nitrogens is 1. The quantitative estimate of drug-likeness (QED) is 0.456. The molecule has 36 heavy (non-hydrogen) atoms. The van der Waals surface area contributed by atoms with E-state index in [2.05, 4.69) is 69.0 Å². The molecule has 1 aliphatic carbocycles. The number of aromatic nitrogens is 2. The third kappa shape index (κ3) is 7.54. The smallest absolute Gasteiger partial charge is 0.226 e. The molecule has 1 aromatic heterocycles. The second kappa shape index (κ2) is 13.0. The molecule has 2 rings (SSSR count). The Morgan fingerprint density at radius 2 is 1.53 bits per heavy atom. The number of aromatic amines is 1. The highest BCUT2D eigenvalue weighted by atomic mass is 16.2. The molecule has 8 heteroatoms. The minimum atomic E-state index is -0.443. The summed E-state index contributed by atoms with van der Waals surface area (Å²) < 4.78 is 0. The number of rotatable bonds is 12. The van der Waals surface area contributed by atoms with Crippen LogP contribution in [0.4, 0.5) is 0 Å². The van der Waals surface area contributed by atoms with Gasteiger partial charge in [-0.2, -0.15) is 5.10 Å². The normalized spacial score (nSPS) is 21.9. The van der Waals surface area contributed by atoms with Crippen molar-refractivity contribution in [1.82, 2.24) is 30.2 Å². The van der Waals surface area contributed by atoms with E-state index in [-0.39, 0.29) is 29.6 Å². The van der Waals surface area contributed by atoms with Gasteiger partial charge >= 0.3 is 0 Å². The first-order valence-corrected chi connectivity index (χ1v) is 13.6. The summed E-state index contributed by atoms with van der Waals surface area (Å²) in [4.78, 5) is 33.7. The van der Waals surface area contributed by atoms with Crippen molar-refractivity contribution in [3.05, 3.63) is 17.5 Å². The Labute approximate surface area is 219 Å². The maximum Gasteiger partial charge on any atom is 0.226 e. The highest BCUT2D eigenvalue weighted by Crippen LogP contribution is 2.51. The van der Waals surface area contributed by atoms with E-state index in [4.69, 9.17) is 0 Å². The monoisotopic (exact) mass is 504 g/mol. The fourth-order valence-corrected chi connectivity index (χ4v) is 5.86. The van der Waals surface area contributed by atoms with Crippen LogP contribution in [0.15, 0.2) is 6.20 Å². The Kier molecular flexibility index (Phi) is 11.0. The van der Waals surface area contributed by atoms with E-state index in [1.54, 1.807) is 0 Å². The zero-order chi connectivity index (χ0) is 27.2. The molecule has 1 aliphatic rings. The van der Waals surface area contributed by atoms with E-state index in [9.17, 15) is 9.59 Å². The molecule has 0 radical (unpaired) electrons. The van der Waals surface area contributed by atoms with Gasteiger partial charge < -0.3 is 20.0 Å². The lowest BCUT2D eigenvalue weighted by molar-refractivity contribution is -0.151. The molecule has 1 fully saturated rings. The highest BCUT2D eigenvalue weighted by Gasteiger charge is 2.52. The number of carbonyl (C=O) groups is 2. The van der Waals surface area contributed by atoms with E-state index < -0.39 is 5.41 Å². The van der Waals surface area contributed by atoms with Gasteiger partial charge in [-0.05, 0) is 44.2 Å². The molecule has 0 bridgehead atoms. The molecule has 2 atom stereocenters. The van der Waals surface area contributed by atoms with Crippen LogP contribution in [0.5, 0.6) is 0 Å². The first kappa shape index (κ1) is 30.3. The number of likely N-dealkylation sites (N-methyl/N-ethyl adjacent to an activating group) is 2. The Morgan fingerprint density at radius 3 is 1.97 bits per heavy atom. The van der Waals surface area contributed by atoms with Gasteiger partial charge in [0.25, 0.3) is 0 Å². The maximum absolute atomic E-state index is 13.8. The van der Waals surface area contributed by atoms with Crippen molar-refractivity contribution in [2.75, 3.05) is 54.4 Å². The standard InChI is InChI=1S/C28H52N6O2/c1-19(2)16-33(9)26(35)23-13-21(25-22(15-30-31-25)18-32(8)12-11-29-7)14-24(28(23,5)6)27(36)34(10)17-20(3)4/h15,19-21,23-24,29H,11-14,16-18H2,1-10H3,(H,30,31)/t23-,24-/m0/s1. The Morgan fingerprint density at radius 1 is 1.03 bits per heavy atom. The van der Waals surface area contributed by atoms with Crippen LogP contribution in [0.3, 0.4) is 0 Å². The average Bonchev–Trinajstić information content (AvgIpc) is 3.23. The third-order valence-electron chi connectivity index (χ3n) is 7.79. The molecule has 0 saturated heterocycles. The first-order chi connectivity index (χ1) is 16.8. The number of amides is 2. The van der Waals surface area contributed by atoms with Gasteiger partial charge in [0.05, 0.1) is 5.69 Å². The fourth-order valence-electron chi connectivity index (χ4n) is 5.86. The lowest BCUT2D eigenvalue weighted by Crippen LogP contribution is -2.53. The van der Waals surface area contributed by atoms with Crippen molar-refractivity contribution >= 4 is 11.8 Å². The van der Waals surface area contributed by atoms with Gasteiger partial charge in [0.2, 0.25) is 11.8 Å². The molecule has 2 amide bonds. The van der Waals surface area contributed by atoms with Crippen LogP contribution in [0, 0.1) is 29.1 Å². The second-order valence-electron chi connectivity index (χ2n) is 12.5. The lowest BCUT2D eigenvalue weighted by Gasteiger charge is -2.48. The molecule has 206 valence electrons. The molecular weight excluding hydrogens is 452 g/mol. The van der Waals surface area contributed by atoms with Gasteiger partial charge in [-0.3, -0.25) is 14.7 Å². The number of hydrogen-bond acceptors (Lipinski definition) is 5. The summed E-state index contributed by atoms with van der Waals surface area (Å²) in [6, 6.07) is 0. The maximum atomic E-state index is 13.8. The minimum Gasteiger partial charge on any atom is -0.345 e. The topological polar surface area (TPSA) is 84.6 Å². The Hall–Kier alpha value is -1.93. The molecular formula is C28H52N6O2. The van der Waals surface area contributed by atoms with Gasteiger partial charge in [0, 0.05) is 76.3 Å². The van der Waals surface area contributed by atoms with Crippen LogP contribution >= 0.6 is 0 Å². The van der Waals surface area contributed by atoms with E-state index >= 15 is 0 Å². The van der Waals surface area contributed by atoms with Crippen molar-refractivity contribution in [2.24, 2.45) is 29.1 Å². The predicted molar refractivity (Wildman–Crippen MR) is 147 cm³/mol. The van der Waals surface area contributed by atoms with Gasteiger partial charge in [0.15, 0.2) is 0 Å². The summed E-state index contributed by atoms with van der Waals surface area (Å²) in [5, 5.41) is 11.0. The third-order valence-corrected chi connectivity index (χ3v) is 7.79. The predicted octanol–water partition coefficient (Wildman–Crippen LogP) is 3.43. The van der Waals surface area contributed by atoms with Gasteiger partial charge in [0.1, 0.15) is 0 Å². The number of nitrogens with zero attached hydrogens (tertiary/aromatic N) is 4. The van der Waals surface area contributed by atoms with Gasteiger partial charge in [-0.1, -0.05) is 41.5 Å². The van der Waals surface area contributed by atoms with Crippen LogP contribution in [0.25, 0.3) is 0 Å². The number of hydrogen-bond donors (Lipinski definition) is 2.